The SMILES string of the molecule is CCCC1(C(=O)C2CCCOC2)CCNCC1. The summed E-state index contributed by atoms with van der Waals surface area (Å²) in [6.45, 7) is 5.69. The molecule has 2 rings (SSSR count). The molecule has 2 fully saturated rings. The largest absolute Gasteiger partial charge is 0.381 e. The van der Waals surface area contributed by atoms with Crippen LogP contribution < -0.4 is 5.32 Å². The Labute approximate surface area is 104 Å². The molecule has 2 heterocycles. The summed E-state index contributed by atoms with van der Waals surface area (Å²) in [6.07, 6.45) is 6.31. The Balaban J connectivity index is 2.05. The molecule has 17 heavy (non-hydrogen) atoms. The van der Waals surface area contributed by atoms with E-state index in [9.17, 15) is 4.79 Å². The monoisotopic (exact) mass is 239 g/mol. The van der Waals surface area contributed by atoms with E-state index in [1.54, 1.807) is 0 Å². The molecule has 0 aliphatic carbocycles. The average molecular weight is 239 g/mol. The first kappa shape index (κ1) is 13.0. The Morgan fingerprint density at radius 1 is 1.41 bits per heavy atom. The van der Waals surface area contributed by atoms with Crippen molar-refractivity contribution in [1.82, 2.24) is 5.32 Å². The van der Waals surface area contributed by atoms with Gasteiger partial charge in [0.1, 0.15) is 5.78 Å². The maximum atomic E-state index is 12.8. The van der Waals surface area contributed by atoms with Crippen LogP contribution >= 0.6 is 0 Å². The number of piperidine rings is 1. The molecule has 1 unspecified atom stereocenters. The fraction of sp³-hybridized carbons (Fsp3) is 0.929. The van der Waals surface area contributed by atoms with Gasteiger partial charge in [-0.2, -0.15) is 0 Å². The van der Waals surface area contributed by atoms with E-state index in [1.165, 1.54) is 0 Å². The molecule has 0 spiro atoms. The van der Waals surface area contributed by atoms with E-state index in [1.807, 2.05) is 0 Å². The average Bonchev–Trinajstić information content (AvgIpc) is 2.40. The summed E-state index contributed by atoms with van der Waals surface area (Å²) in [6, 6.07) is 0. The summed E-state index contributed by atoms with van der Waals surface area (Å²) < 4.78 is 5.48. The van der Waals surface area contributed by atoms with E-state index < -0.39 is 0 Å². The molecule has 0 amide bonds. The predicted octanol–water partition coefficient (Wildman–Crippen LogP) is 2.15. The summed E-state index contributed by atoms with van der Waals surface area (Å²) >= 11 is 0. The quantitative estimate of drug-likeness (QED) is 0.817. The highest BCUT2D eigenvalue weighted by molar-refractivity contribution is 5.87. The maximum Gasteiger partial charge on any atom is 0.144 e. The molecular formula is C14H25NO2. The third-order valence-electron chi connectivity index (χ3n) is 4.34. The van der Waals surface area contributed by atoms with Crippen LogP contribution in [0, 0.1) is 11.3 Å². The zero-order valence-corrected chi connectivity index (χ0v) is 11.0. The highest BCUT2D eigenvalue weighted by atomic mass is 16.5. The van der Waals surface area contributed by atoms with E-state index in [0.717, 1.165) is 58.2 Å². The van der Waals surface area contributed by atoms with Crippen LogP contribution in [0.15, 0.2) is 0 Å². The Morgan fingerprint density at radius 3 is 2.76 bits per heavy atom. The minimum Gasteiger partial charge on any atom is -0.381 e. The lowest BCUT2D eigenvalue weighted by atomic mass is 9.68. The summed E-state index contributed by atoms with van der Waals surface area (Å²) in [4.78, 5) is 12.8. The van der Waals surface area contributed by atoms with Crippen LogP contribution in [0.5, 0.6) is 0 Å². The van der Waals surface area contributed by atoms with Gasteiger partial charge < -0.3 is 10.1 Å². The second-order valence-electron chi connectivity index (χ2n) is 5.56. The van der Waals surface area contributed by atoms with Gasteiger partial charge in [-0.15, -0.1) is 0 Å². The molecular weight excluding hydrogens is 214 g/mol. The van der Waals surface area contributed by atoms with Crippen molar-refractivity contribution in [2.24, 2.45) is 11.3 Å². The highest BCUT2D eigenvalue weighted by Gasteiger charge is 2.42. The molecule has 3 nitrogen and oxygen atoms in total. The molecule has 2 aliphatic rings. The highest BCUT2D eigenvalue weighted by Crippen LogP contribution is 2.38. The standard InChI is InChI=1S/C14H25NO2/c1-2-5-14(6-8-15-9-7-14)13(16)12-4-3-10-17-11-12/h12,15H,2-11H2,1H3. The minimum absolute atomic E-state index is 0.0363. The molecule has 0 aromatic rings. The fourth-order valence-electron chi connectivity index (χ4n) is 3.38. The van der Waals surface area contributed by atoms with Crippen LogP contribution in [0.3, 0.4) is 0 Å². The number of ketones is 1. The van der Waals surface area contributed by atoms with Crippen molar-refractivity contribution in [2.45, 2.75) is 45.4 Å². The molecule has 98 valence electrons. The Morgan fingerprint density at radius 2 is 2.18 bits per heavy atom. The molecule has 2 aliphatic heterocycles. The summed E-state index contributed by atoms with van der Waals surface area (Å²) in [5, 5.41) is 3.37. The zero-order chi connectivity index (χ0) is 12.1. The van der Waals surface area contributed by atoms with E-state index in [-0.39, 0.29) is 11.3 Å². The Kier molecular flexibility index (Phi) is 4.57. The molecule has 2 saturated heterocycles. The number of carbonyl (C=O) groups is 1. The Bertz CT molecular complexity index is 247. The van der Waals surface area contributed by atoms with Crippen molar-refractivity contribution >= 4 is 5.78 Å². The number of Topliss-reactive ketones (excluding diaryl/α,β-unsaturated/α-hetero) is 1. The molecule has 1 atom stereocenters. The lowest BCUT2D eigenvalue weighted by molar-refractivity contribution is -0.139. The first-order chi connectivity index (χ1) is 8.28. The van der Waals surface area contributed by atoms with Crippen LogP contribution in [0.2, 0.25) is 0 Å². The van der Waals surface area contributed by atoms with Crippen LogP contribution in [-0.2, 0) is 9.53 Å². The molecule has 0 aromatic heterocycles. The molecule has 0 aromatic carbocycles. The van der Waals surface area contributed by atoms with Gasteiger partial charge in [0.05, 0.1) is 6.61 Å². The van der Waals surface area contributed by atoms with E-state index in [0.29, 0.717) is 12.4 Å². The second kappa shape index (κ2) is 5.96. The number of hydrogen-bond acceptors (Lipinski definition) is 3. The zero-order valence-electron chi connectivity index (χ0n) is 11.0. The third kappa shape index (κ3) is 2.89. The van der Waals surface area contributed by atoms with Crippen molar-refractivity contribution in [3.63, 3.8) is 0 Å². The first-order valence-corrected chi connectivity index (χ1v) is 7.11. The normalized spacial score (nSPS) is 28.9. The number of carbonyl (C=O) groups excluding carboxylic acids is 1. The van der Waals surface area contributed by atoms with Crippen LogP contribution in [0.4, 0.5) is 0 Å². The van der Waals surface area contributed by atoms with Crippen molar-refractivity contribution in [1.29, 1.82) is 0 Å². The smallest absolute Gasteiger partial charge is 0.144 e. The van der Waals surface area contributed by atoms with Crippen LogP contribution in [0.1, 0.15) is 45.4 Å². The van der Waals surface area contributed by atoms with E-state index in [4.69, 9.17) is 4.74 Å². The van der Waals surface area contributed by atoms with Crippen LogP contribution in [-0.4, -0.2) is 32.1 Å². The first-order valence-electron chi connectivity index (χ1n) is 7.11. The number of nitrogens with one attached hydrogen (secondary N) is 1. The number of ether oxygens (including phenoxy) is 1. The van der Waals surface area contributed by atoms with Gasteiger partial charge in [0.15, 0.2) is 0 Å². The van der Waals surface area contributed by atoms with E-state index >= 15 is 0 Å². The fourth-order valence-corrected chi connectivity index (χ4v) is 3.38. The van der Waals surface area contributed by atoms with Crippen molar-refractivity contribution < 1.29 is 9.53 Å². The summed E-state index contributed by atoms with van der Waals surface area (Å²) in [7, 11) is 0. The Hall–Kier alpha value is -0.410. The minimum atomic E-state index is -0.0363. The number of hydrogen-bond donors (Lipinski definition) is 1. The maximum absolute atomic E-state index is 12.8. The van der Waals surface area contributed by atoms with Crippen LogP contribution in [0.25, 0.3) is 0 Å². The topological polar surface area (TPSA) is 38.3 Å². The van der Waals surface area contributed by atoms with Gasteiger partial charge in [-0.05, 0) is 45.2 Å². The van der Waals surface area contributed by atoms with E-state index in [2.05, 4.69) is 12.2 Å². The summed E-state index contributed by atoms with van der Waals surface area (Å²) in [5.74, 6) is 0.675. The van der Waals surface area contributed by atoms with Gasteiger partial charge in [0.2, 0.25) is 0 Å². The number of rotatable bonds is 4. The molecule has 3 heteroatoms. The lowest BCUT2D eigenvalue weighted by Crippen LogP contribution is -2.46. The summed E-state index contributed by atoms with van der Waals surface area (Å²) in [5.41, 5.74) is -0.0363. The molecule has 0 saturated carbocycles. The predicted molar refractivity (Wildman–Crippen MR) is 68.0 cm³/mol. The third-order valence-corrected chi connectivity index (χ3v) is 4.34. The molecule has 0 radical (unpaired) electrons. The van der Waals surface area contributed by atoms with Crippen molar-refractivity contribution in [3.05, 3.63) is 0 Å². The molecule has 1 N–H and O–H groups in total. The van der Waals surface area contributed by atoms with Gasteiger partial charge in [0.25, 0.3) is 0 Å². The van der Waals surface area contributed by atoms with Gasteiger partial charge >= 0.3 is 0 Å². The molecule has 0 bridgehead atoms. The van der Waals surface area contributed by atoms with Gasteiger partial charge in [-0.1, -0.05) is 13.3 Å². The second-order valence-corrected chi connectivity index (χ2v) is 5.56. The van der Waals surface area contributed by atoms with Crippen molar-refractivity contribution in [2.75, 3.05) is 26.3 Å². The van der Waals surface area contributed by atoms with Gasteiger partial charge in [-0.3, -0.25) is 4.79 Å². The van der Waals surface area contributed by atoms with Gasteiger partial charge in [-0.25, -0.2) is 0 Å². The van der Waals surface area contributed by atoms with Gasteiger partial charge in [0, 0.05) is 17.9 Å². The lowest BCUT2D eigenvalue weighted by Gasteiger charge is -2.39. The van der Waals surface area contributed by atoms with Crippen molar-refractivity contribution in [3.8, 4) is 0 Å².